The van der Waals surface area contributed by atoms with E-state index >= 15 is 0 Å². The Bertz CT molecular complexity index is 827. The van der Waals surface area contributed by atoms with Crippen molar-refractivity contribution < 1.29 is 4.79 Å². The molecular weight excluding hydrogens is 340 g/mol. The van der Waals surface area contributed by atoms with Crippen molar-refractivity contribution in [1.29, 1.82) is 0 Å². The van der Waals surface area contributed by atoms with Gasteiger partial charge in [0.25, 0.3) is 0 Å². The molecule has 7 heteroatoms. The van der Waals surface area contributed by atoms with Crippen LogP contribution in [0.15, 0.2) is 61.4 Å². The first kappa shape index (κ1) is 18.7. The van der Waals surface area contributed by atoms with Crippen molar-refractivity contribution in [2.75, 3.05) is 7.05 Å². The number of nitrogens with one attached hydrogen (secondary N) is 1. The fraction of sp³-hybridized carbons (Fsp3) is 0.350. The maximum Gasteiger partial charge on any atom is 0.317 e. The molecule has 2 heterocycles. The minimum atomic E-state index is -0.101. The molecule has 2 amide bonds. The number of carbonyl (C=O) groups is 1. The number of amides is 2. The van der Waals surface area contributed by atoms with Gasteiger partial charge in [-0.05, 0) is 12.0 Å². The molecule has 3 rings (SSSR count). The molecule has 0 bridgehead atoms. The molecule has 27 heavy (non-hydrogen) atoms. The van der Waals surface area contributed by atoms with E-state index in [1.807, 2.05) is 35.2 Å². The monoisotopic (exact) mass is 366 g/mol. The highest BCUT2D eigenvalue weighted by Gasteiger charge is 2.16. The third kappa shape index (κ3) is 5.20. The third-order valence-electron chi connectivity index (χ3n) is 4.53. The Labute approximate surface area is 159 Å². The minimum absolute atomic E-state index is 0.0539. The van der Waals surface area contributed by atoms with Gasteiger partial charge in [-0.2, -0.15) is 0 Å². The molecule has 0 fully saturated rings. The van der Waals surface area contributed by atoms with Gasteiger partial charge in [0.1, 0.15) is 5.82 Å². The van der Waals surface area contributed by atoms with E-state index in [0.29, 0.717) is 13.1 Å². The van der Waals surface area contributed by atoms with Gasteiger partial charge in [0.2, 0.25) is 0 Å². The van der Waals surface area contributed by atoms with Crippen LogP contribution >= 0.6 is 0 Å². The van der Waals surface area contributed by atoms with Gasteiger partial charge in [-0.25, -0.2) is 14.8 Å². The summed E-state index contributed by atoms with van der Waals surface area (Å²) in [7, 11) is 1.79. The van der Waals surface area contributed by atoms with Crippen molar-refractivity contribution in [2.45, 2.75) is 39.0 Å². The van der Waals surface area contributed by atoms with Crippen molar-refractivity contribution >= 4 is 6.03 Å². The second kappa shape index (κ2) is 9.02. The van der Waals surface area contributed by atoms with E-state index in [-0.39, 0.29) is 12.1 Å². The topological polar surface area (TPSA) is 68.0 Å². The van der Waals surface area contributed by atoms with Gasteiger partial charge < -0.3 is 19.4 Å². The third-order valence-corrected chi connectivity index (χ3v) is 4.53. The maximum absolute atomic E-state index is 12.6. The van der Waals surface area contributed by atoms with E-state index in [1.54, 1.807) is 30.7 Å². The van der Waals surface area contributed by atoms with Crippen LogP contribution in [-0.4, -0.2) is 43.1 Å². The van der Waals surface area contributed by atoms with Crippen molar-refractivity contribution in [1.82, 2.24) is 29.3 Å². The lowest BCUT2D eigenvalue weighted by Gasteiger charge is -2.23. The molecule has 1 aromatic carbocycles. The number of aromatic nitrogens is 4. The van der Waals surface area contributed by atoms with Crippen LogP contribution in [-0.2, 0) is 19.6 Å². The predicted octanol–water partition coefficient (Wildman–Crippen LogP) is 2.75. The van der Waals surface area contributed by atoms with E-state index in [2.05, 4.69) is 38.9 Å². The molecule has 7 nitrogen and oxygen atoms in total. The van der Waals surface area contributed by atoms with Gasteiger partial charge in [-0.3, -0.25) is 0 Å². The average Bonchev–Trinajstić information content (AvgIpc) is 3.34. The van der Waals surface area contributed by atoms with Gasteiger partial charge in [-0.15, -0.1) is 0 Å². The first-order valence-corrected chi connectivity index (χ1v) is 9.17. The van der Waals surface area contributed by atoms with Gasteiger partial charge in [-0.1, -0.05) is 37.3 Å². The first-order valence-electron chi connectivity index (χ1n) is 9.17. The lowest BCUT2D eigenvalue weighted by molar-refractivity contribution is 0.199. The van der Waals surface area contributed by atoms with Crippen molar-refractivity contribution in [2.24, 2.45) is 0 Å². The van der Waals surface area contributed by atoms with E-state index in [1.165, 1.54) is 5.56 Å². The molecule has 142 valence electrons. The highest BCUT2D eigenvalue weighted by molar-refractivity contribution is 5.74. The molecular formula is C20H26N6O. The number of benzene rings is 1. The van der Waals surface area contributed by atoms with E-state index in [0.717, 1.165) is 18.8 Å². The molecule has 0 saturated carbocycles. The van der Waals surface area contributed by atoms with Crippen LogP contribution in [0, 0.1) is 0 Å². The van der Waals surface area contributed by atoms with Crippen molar-refractivity contribution in [3.63, 3.8) is 0 Å². The molecule has 0 saturated heterocycles. The summed E-state index contributed by atoms with van der Waals surface area (Å²) >= 11 is 0. The average molecular weight is 366 g/mol. The van der Waals surface area contributed by atoms with Gasteiger partial charge >= 0.3 is 6.03 Å². The van der Waals surface area contributed by atoms with Crippen LogP contribution in [0.3, 0.4) is 0 Å². The Kier molecular flexibility index (Phi) is 6.25. The normalized spacial score (nSPS) is 11.9. The lowest BCUT2D eigenvalue weighted by atomic mass is 10.2. The Morgan fingerprint density at radius 1 is 1.22 bits per heavy atom. The van der Waals surface area contributed by atoms with E-state index < -0.39 is 0 Å². The molecule has 0 spiro atoms. The fourth-order valence-electron chi connectivity index (χ4n) is 2.91. The number of rotatable bonds is 8. The quantitative estimate of drug-likeness (QED) is 0.666. The molecule has 0 aliphatic carbocycles. The Morgan fingerprint density at radius 2 is 2.04 bits per heavy atom. The Hall–Kier alpha value is -3.09. The number of imidazole rings is 2. The second-order valence-corrected chi connectivity index (χ2v) is 6.63. The van der Waals surface area contributed by atoms with Crippen LogP contribution in [0.4, 0.5) is 4.79 Å². The molecule has 1 atom stereocenters. The van der Waals surface area contributed by atoms with Gasteiger partial charge in [0, 0.05) is 51.0 Å². The second-order valence-electron chi connectivity index (χ2n) is 6.63. The molecule has 0 unspecified atom stereocenters. The summed E-state index contributed by atoms with van der Waals surface area (Å²) in [6, 6.07) is 10.2. The van der Waals surface area contributed by atoms with E-state index in [9.17, 15) is 4.79 Å². The zero-order chi connectivity index (χ0) is 19.1. The summed E-state index contributed by atoms with van der Waals surface area (Å²) in [4.78, 5) is 22.7. The van der Waals surface area contributed by atoms with Crippen LogP contribution in [0.1, 0.15) is 24.7 Å². The molecule has 0 radical (unpaired) electrons. The van der Waals surface area contributed by atoms with E-state index in [4.69, 9.17) is 0 Å². The van der Waals surface area contributed by atoms with Crippen LogP contribution in [0.5, 0.6) is 0 Å². The number of urea groups is 1. The summed E-state index contributed by atoms with van der Waals surface area (Å²) in [5.41, 5.74) is 1.20. The molecule has 3 aromatic rings. The number of carbonyl (C=O) groups excluding carboxylic acids is 1. The predicted molar refractivity (Wildman–Crippen MR) is 104 cm³/mol. The van der Waals surface area contributed by atoms with Crippen molar-refractivity contribution in [3.05, 3.63) is 72.8 Å². The minimum Gasteiger partial charge on any atom is -0.335 e. The summed E-state index contributed by atoms with van der Waals surface area (Å²) in [6.45, 7) is 3.96. The van der Waals surface area contributed by atoms with Crippen LogP contribution < -0.4 is 5.32 Å². The summed E-state index contributed by atoms with van der Waals surface area (Å²) in [6.07, 6.45) is 9.98. The van der Waals surface area contributed by atoms with Crippen molar-refractivity contribution in [3.8, 4) is 0 Å². The summed E-state index contributed by atoms with van der Waals surface area (Å²) < 4.78 is 4.04. The summed E-state index contributed by atoms with van der Waals surface area (Å²) in [5, 5.41) is 3.09. The number of hydrogen-bond acceptors (Lipinski definition) is 3. The zero-order valence-electron chi connectivity index (χ0n) is 15.8. The fourth-order valence-corrected chi connectivity index (χ4v) is 2.91. The standard InChI is InChI=1S/C20H26N6O/c1-3-18(14-25-11-9-21-16-25)23-20(27)24(2)15-19-22-10-12-26(19)13-17-7-5-4-6-8-17/h4-12,16,18H,3,13-15H2,1-2H3,(H,23,27)/t18-/m1/s1. The first-order chi connectivity index (χ1) is 13.2. The maximum atomic E-state index is 12.6. The summed E-state index contributed by atoms with van der Waals surface area (Å²) in [5.74, 6) is 0.860. The molecule has 0 aliphatic rings. The molecule has 2 aromatic heterocycles. The number of hydrogen-bond donors (Lipinski definition) is 1. The molecule has 1 N–H and O–H groups in total. The number of nitrogens with zero attached hydrogens (tertiary/aromatic N) is 5. The smallest absolute Gasteiger partial charge is 0.317 e. The zero-order valence-corrected chi connectivity index (χ0v) is 15.8. The highest BCUT2D eigenvalue weighted by Crippen LogP contribution is 2.08. The lowest BCUT2D eigenvalue weighted by Crippen LogP contribution is -2.44. The molecule has 0 aliphatic heterocycles. The Morgan fingerprint density at radius 3 is 2.74 bits per heavy atom. The highest BCUT2D eigenvalue weighted by atomic mass is 16.2. The van der Waals surface area contributed by atoms with Crippen LogP contribution in [0.2, 0.25) is 0 Å². The van der Waals surface area contributed by atoms with Crippen LogP contribution in [0.25, 0.3) is 0 Å². The van der Waals surface area contributed by atoms with Gasteiger partial charge in [0.05, 0.1) is 12.9 Å². The SMILES string of the molecule is CC[C@H](Cn1ccnc1)NC(=O)N(C)Cc1nccn1Cc1ccccc1. The van der Waals surface area contributed by atoms with Gasteiger partial charge in [0.15, 0.2) is 0 Å². The largest absolute Gasteiger partial charge is 0.335 e. The Balaban J connectivity index is 1.57.